The largest absolute Gasteiger partial charge is 0.495 e. The smallest absolute Gasteiger partial charge is 0.323 e. The van der Waals surface area contributed by atoms with Gasteiger partial charge in [0.05, 0.1) is 24.0 Å². The molecule has 0 unspecified atom stereocenters. The van der Waals surface area contributed by atoms with Crippen LogP contribution in [0.5, 0.6) is 17.2 Å². The number of rotatable bonds is 3. The number of para-hydroxylation sites is 2. The first-order valence-electron chi connectivity index (χ1n) is 9.07. The molecule has 0 spiro atoms. The van der Waals surface area contributed by atoms with Crippen LogP contribution in [0.1, 0.15) is 10.4 Å². The summed E-state index contributed by atoms with van der Waals surface area (Å²) in [4.78, 5) is 26.9. The number of carbonyl (C=O) groups is 2. The lowest BCUT2D eigenvalue weighted by molar-refractivity contribution is 0.0993. The molecule has 152 valence electrons. The molecular formula is C22H18ClN3O4. The summed E-state index contributed by atoms with van der Waals surface area (Å²) in [5, 5.41) is 5.86. The first kappa shape index (κ1) is 19.6. The van der Waals surface area contributed by atoms with Crippen molar-refractivity contribution in [1.29, 1.82) is 0 Å². The Balaban J connectivity index is 1.57. The van der Waals surface area contributed by atoms with E-state index >= 15 is 0 Å². The Kier molecular flexibility index (Phi) is 5.20. The summed E-state index contributed by atoms with van der Waals surface area (Å²) in [6.45, 7) is 0. The van der Waals surface area contributed by atoms with Crippen molar-refractivity contribution < 1.29 is 19.1 Å². The van der Waals surface area contributed by atoms with Crippen LogP contribution in [-0.4, -0.2) is 26.1 Å². The number of anilines is 3. The second kappa shape index (κ2) is 7.96. The molecule has 0 saturated carbocycles. The first-order valence-corrected chi connectivity index (χ1v) is 9.44. The van der Waals surface area contributed by atoms with Crippen LogP contribution in [0.25, 0.3) is 0 Å². The van der Waals surface area contributed by atoms with Gasteiger partial charge in [0.15, 0.2) is 5.75 Å². The lowest BCUT2D eigenvalue weighted by Gasteiger charge is -2.16. The lowest BCUT2D eigenvalue weighted by Crippen LogP contribution is -2.25. The molecule has 1 aliphatic rings. The number of ether oxygens (including phenoxy) is 2. The van der Waals surface area contributed by atoms with E-state index in [0.29, 0.717) is 44.9 Å². The maximum Gasteiger partial charge on any atom is 0.323 e. The minimum Gasteiger partial charge on any atom is -0.495 e. The van der Waals surface area contributed by atoms with Gasteiger partial charge in [-0.3, -0.25) is 4.79 Å². The maximum atomic E-state index is 12.9. The molecule has 0 bridgehead atoms. The summed E-state index contributed by atoms with van der Waals surface area (Å²) in [6.07, 6.45) is 0. The van der Waals surface area contributed by atoms with Gasteiger partial charge in [-0.2, -0.15) is 0 Å². The Labute approximate surface area is 178 Å². The number of carbonyl (C=O) groups excluding carboxylic acids is 2. The highest BCUT2D eigenvalue weighted by molar-refractivity contribution is 6.31. The van der Waals surface area contributed by atoms with Crippen molar-refractivity contribution in [1.82, 2.24) is 0 Å². The van der Waals surface area contributed by atoms with E-state index in [-0.39, 0.29) is 5.91 Å². The zero-order chi connectivity index (χ0) is 21.3. The van der Waals surface area contributed by atoms with Crippen LogP contribution in [0, 0.1) is 0 Å². The number of fused-ring (bicyclic) bond motifs is 2. The van der Waals surface area contributed by atoms with E-state index in [1.165, 1.54) is 12.0 Å². The van der Waals surface area contributed by atoms with Crippen LogP contribution in [0.2, 0.25) is 5.02 Å². The van der Waals surface area contributed by atoms with Gasteiger partial charge < -0.3 is 25.0 Å². The van der Waals surface area contributed by atoms with Crippen molar-refractivity contribution in [2.24, 2.45) is 0 Å². The van der Waals surface area contributed by atoms with Crippen molar-refractivity contribution in [3.05, 3.63) is 71.2 Å². The Hall–Kier alpha value is -3.71. The summed E-state index contributed by atoms with van der Waals surface area (Å²) in [5.74, 6) is 1.23. The predicted octanol–water partition coefficient (Wildman–Crippen LogP) is 5.37. The molecular weight excluding hydrogens is 406 g/mol. The first-order chi connectivity index (χ1) is 14.5. The Morgan fingerprint density at radius 1 is 1.03 bits per heavy atom. The lowest BCUT2D eigenvalue weighted by atomic mass is 10.1. The standard InChI is InChI=1S/C22H18ClN3O4/c1-26-17-5-3-4-6-20(17)30-18-10-8-14(12-15(18)21(26)27)24-22(28)25-16-11-13(23)7-9-19(16)29-2/h3-12H,1-2H3,(H2,24,25,28). The highest BCUT2D eigenvalue weighted by Crippen LogP contribution is 2.39. The molecule has 8 heteroatoms. The topological polar surface area (TPSA) is 79.9 Å². The number of hydrogen-bond donors (Lipinski definition) is 2. The SMILES string of the molecule is COc1ccc(Cl)cc1NC(=O)Nc1ccc2c(c1)C(=O)N(C)c1ccccc1O2. The molecule has 3 amide bonds. The normalized spacial score (nSPS) is 12.2. The van der Waals surface area contributed by atoms with E-state index in [1.807, 2.05) is 18.2 Å². The predicted molar refractivity (Wildman–Crippen MR) is 116 cm³/mol. The highest BCUT2D eigenvalue weighted by atomic mass is 35.5. The molecule has 3 aromatic carbocycles. The molecule has 0 aromatic heterocycles. The number of nitrogens with one attached hydrogen (secondary N) is 2. The van der Waals surface area contributed by atoms with E-state index in [0.717, 1.165) is 0 Å². The minimum atomic E-state index is -0.505. The summed E-state index contributed by atoms with van der Waals surface area (Å²) in [6, 6.07) is 16.6. The van der Waals surface area contributed by atoms with Gasteiger partial charge in [0.25, 0.3) is 5.91 Å². The second-order valence-electron chi connectivity index (χ2n) is 6.57. The number of amides is 3. The number of methoxy groups -OCH3 is 1. The van der Waals surface area contributed by atoms with Crippen molar-refractivity contribution >= 4 is 40.6 Å². The molecule has 2 N–H and O–H groups in total. The third-order valence-corrected chi connectivity index (χ3v) is 4.86. The zero-order valence-electron chi connectivity index (χ0n) is 16.2. The molecule has 0 radical (unpaired) electrons. The Bertz CT molecular complexity index is 1150. The zero-order valence-corrected chi connectivity index (χ0v) is 17.0. The van der Waals surface area contributed by atoms with E-state index < -0.39 is 6.03 Å². The molecule has 0 atom stereocenters. The summed E-state index contributed by atoms with van der Waals surface area (Å²) >= 11 is 6.00. The molecule has 1 heterocycles. The molecule has 4 rings (SSSR count). The fourth-order valence-electron chi connectivity index (χ4n) is 3.16. The van der Waals surface area contributed by atoms with Crippen LogP contribution < -0.4 is 25.0 Å². The average Bonchev–Trinajstić information content (AvgIpc) is 2.83. The fourth-order valence-corrected chi connectivity index (χ4v) is 3.33. The number of halogens is 1. The Morgan fingerprint density at radius 3 is 2.63 bits per heavy atom. The number of nitrogens with zero attached hydrogens (tertiary/aromatic N) is 1. The van der Waals surface area contributed by atoms with Crippen molar-refractivity contribution in [3.63, 3.8) is 0 Å². The summed E-state index contributed by atoms with van der Waals surface area (Å²) < 4.78 is 11.1. The highest BCUT2D eigenvalue weighted by Gasteiger charge is 2.26. The van der Waals surface area contributed by atoms with Gasteiger partial charge >= 0.3 is 6.03 Å². The molecule has 0 fully saturated rings. The van der Waals surface area contributed by atoms with Gasteiger partial charge in [0.2, 0.25) is 0 Å². The van der Waals surface area contributed by atoms with E-state index in [9.17, 15) is 9.59 Å². The van der Waals surface area contributed by atoms with Gasteiger partial charge in [-0.15, -0.1) is 0 Å². The minimum absolute atomic E-state index is 0.240. The molecule has 0 saturated heterocycles. The monoisotopic (exact) mass is 423 g/mol. The maximum absolute atomic E-state index is 12.9. The molecule has 0 aliphatic carbocycles. The van der Waals surface area contributed by atoms with Gasteiger partial charge in [0, 0.05) is 17.8 Å². The Morgan fingerprint density at radius 2 is 1.83 bits per heavy atom. The molecule has 3 aromatic rings. The van der Waals surface area contributed by atoms with Crippen LogP contribution >= 0.6 is 11.6 Å². The van der Waals surface area contributed by atoms with E-state index in [4.69, 9.17) is 21.1 Å². The van der Waals surface area contributed by atoms with Crippen molar-refractivity contribution in [3.8, 4) is 17.2 Å². The summed E-state index contributed by atoms with van der Waals surface area (Å²) in [5.41, 5.74) is 1.86. The van der Waals surface area contributed by atoms with Crippen molar-refractivity contribution in [2.75, 3.05) is 29.7 Å². The third-order valence-electron chi connectivity index (χ3n) is 4.63. The van der Waals surface area contributed by atoms with Gasteiger partial charge in [-0.25, -0.2) is 4.79 Å². The van der Waals surface area contributed by atoms with Crippen LogP contribution in [0.15, 0.2) is 60.7 Å². The molecule has 1 aliphatic heterocycles. The molecule has 7 nitrogen and oxygen atoms in total. The molecule has 30 heavy (non-hydrogen) atoms. The second-order valence-corrected chi connectivity index (χ2v) is 7.01. The van der Waals surface area contributed by atoms with Gasteiger partial charge in [-0.05, 0) is 48.5 Å². The number of hydrogen-bond acceptors (Lipinski definition) is 4. The van der Waals surface area contributed by atoms with Crippen LogP contribution in [0.3, 0.4) is 0 Å². The van der Waals surface area contributed by atoms with Gasteiger partial charge in [-0.1, -0.05) is 23.7 Å². The third kappa shape index (κ3) is 3.75. The van der Waals surface area contributed by atoms with E-state index in [2.05, 4.69) is 10.6 Å². The number of urea groups is 1. The number of benzene rings is 3. The summed E-state index contributed by atoms with van der Waals surface area (Å²) in [7, 11) is 3.18. The van der Waals surface area contributed by atoms with Gasteiger partial charge in [0.1, 0.15) is 11.5 Å². The average molecular weight is 424 g/mol. The van der Waals surface area contributed by atoms with Crippen LogP contribution in [-0.2, 0) is 0 Å². The van der Waals surface area contributed by atoms with Crippen molar-refractivity contribution in [2.45, 2.75) is 0 Å². The van der Waals surface area contributed by atoms with E-state index in [1.54, 1.807) is 49.5 Å². The quantitative estimate of drug-likeness (QED) is 0.593. The fraction of sp³-hybridized carbons (Fsp3) is 0.0909. The van der Waals surface area contributed by atoms with Crippen LogP contribution in [0.4, 0.5) is 21.9 Å².